The molecule has 2 aliphatic carbocycles. The van der Waals surface area contributed by atoms with Crippen LogP contribution in [0.5, 0.6) is 0 Å². The monoisotopic (exact) mass is 264 g/mol. The SMILES string of the molecule is C=CCNC(=O)C12CCC(C)(/C(=N/O)C1=O)C2(C)C. The highest BCUT2D eigenvalue weighted by molar-refractivity contribution is 6.50. The van der Waals surface area contributed by atoms with Crippen LogP contribution in [-0.2, 0) is 9.59 Å². The first-order chi connectivity index (χ1) is 8.79. The summed E-state index contributed by atoms with van der Waals surface area (Å²) in [5.74, 6) is -0.625. The number of hydrogen-bond acceptors (Lipinski definition) is 4. The molecule has 2 saturated carbocycles. The summed E-state index contributed by atoms with van der Waals surface area (Å²) in [7, 11) is 0. The van der Waals surface area contributed by atoms with Gasteiger partial charge in [0.15, 0.2) is 5.78 Å². The van der Waals surface area contributed by atoms with Crippen molar-refractivity contribution in [1.29, 1.82) is 0 Å². The van der Waals surface area contributed by atoms with Crippen LogP contribution in [0, 0.1) is 16.2 Å². The van der Waals surface area contributed by atoms with Gasteiger partial charge in [-0.1, -0.05) is 32.0 Å². The smallest absolute Gasteiger partial charge is 0.234 e. The zero-order valence-corrected chi connectivity index (χ0v) is 11.6. The molecule has 0 aliphatic heterocycles. The molecular formula is C14H20N2O3. The first-order valence-corrected chi connectivity index (χ1v) is 6.46. The first kappa shape index (κ1) is 13.8. The molecule has 2 rings (SSSR count). The number of rotatable bonds is 3. The van der Waals surface area contributed by atoms with Crippen LogP contribution in [0.4, 0.5) is 0 Å². The van der Waals surface area contributed by atoms with Crippen LogP contribution in [0.1, 0.15) is 33.6 Å². The number of amides is 1. The summed E-state index contributed by atoms with van der Waals surface area (Å²) < 4.78 is 0. The van der Waals surface area contributed by atoms with Crippen LogP contribution in [0.3, 0.4) is 0 Å². The van der Waals surface area contributed by atoms with Crippen molar-refractivity contribution < 1.29 is 14.8 Å². The van der Waals surface area contributed by atoms with Crippen molar-refractivity contribution >= 4 is 17.4 Å². The molecule has 5 heteroatoms. The Kier molecular flexibility index (Phi) is 2.84. The summed E-state index contributed by atoms with van der Waals surface area (Å²) in [5, 5.41) is 15.1. The molecule has 0 aromatic rings. The fourth-order valence-electron chi connectivity index (χ4n) is 3.77. The van der Waals surface area contributed by atoms with Crippen LogP contribution in [0.2, 0.25) is 0 Å². The Balaban J connectivity index is 2.54. The van der Waals surface area contributed by atoms with Gasteiger partial charge >= 0.3 is 0 Å². The molecule has 1 amide bonds. The minimum atomic E-state index is -1.12. The second kappa shape index (κ2) is 3.92. The van der Waals surface area contributed by atoms with Gasteiger partial charge in [-0.25, -0.2) is 0 Å². The maximum atomic E-state index is 12.6. The van der Waals surface area contributed by atoms with Crippen molar-refractivity contribution in [3.63, 3.8) is 0 Å². The van der Waals surface area contributed by atoms with E-state index < -0.39 is 16.2 Å². The van der Waals surface area contributed by atoms with E-state index in [0.717, 1.165) is 0 Å². The number of nitrogens with one attached hydrogen (secondary N) is 1. The van der Waals surface area contributed by atoms with E-state index in [1.165, 1.54) is 0 Å². The van der Waals surface area contributed by atoms with E-state index in [4.69, 9.17) is 5.21 Å². The van der Waals surface area contributed by atoms with Gasteiger partial charge in [0, 0.05) is 12.0 Å². The van der Waals surface area contributed by atoms with Crippen molar-refractivity contribution in [2.45, 2.75) is 33.6 Å². The van der Waals surface area contributed by atoms with Crippen LogP contribution >= 0.6 is 0 Å². The quantitative estimate of drug-likeness (QED) is 0.351. The Morgan fingerprint density at radius 3 is 2.58 bits per heavy atom. The molecule has 0 heterocycles. The minimum absolute atomic E-state index is 0.137. The van der Waals surface area contributed by atoms with Gasteiger partial charge in [-0.2, -0.15) is 0 Å². The second-order valence-electron chi connectivity index (χ2n) is 6.14. The van der Waals surface area contributed by atoms with Gasteiger partial charge in [0.25, 0.3) is 0 Å². The molecule has 2 bridgehead atoms. The fourth-order valence-corrected chi connectivity index (χ4v) is 3.77. The van der Waals surface area contributed by atoms with Crippen molar-refractivity contribution in [1.82, 2.24) is 5.32 Å². The third-order valence-electron chi connectivity index (χ3n) is 5.47. The van der Waals surface area contributed by atoms with Crippen LogP contribution in [0.25, 0.3) is 0 Å². The minimum Gasteiger partial charge on any atom is -0.411 e. The molecule has 2 fully saturated rings. The van der Waals surface area contributed by atoms with E-state index in [9.17, 15) is 9.59 Å². The van der Waals surface area contributed by atoms with E-state index in [-0.39, 0.29) is 17.4 Å². The lowest BCUT2D eigenvalue weighted by Crippen LogP contribution is -2.50. The summed E-state index contributed by atoms with van der Waals surface area (Å²) in [6.07, 6.45) is 2.75. The summed E-state index contributed by atoms with van der Waals surface area (Å²) in [4.78, 5) is 25.1. The summed E-state index contributed by atoms with van der Waals surface area (Å²) in [6, 6.07) is 0. The van der Waals surface area contributed by atoms with Crippen molar-refractivity contribution in [2.24, 2.45) is 21.4 Å². The van der Waals surface area contributed by atoms with Gasteiger partial charge in [0.1, 0.15) is 11.1 Å². The largest absolute Gasteiger partial charge is 0.411 e. The Labute approximate surface area is 112 Å². The van der Waals surface area contributed by atoms with E-state index >= 15 is 0 Å². The van der Waals surface area contributed by atoms with Crippen LogP contribution in [-0.4, -0.2) is 29.2 Å². The average Bonchev–Trinajstić information content (AvgIpc) is 2.63. The number of ketones is 1. The highest BCUT2D eigenvalue weighted by Gasteiger charge is 2.76. The highest BCUT2D eigenvalue weighted by Crippen LogP contribution is 2.69. The maximum absolute atomic E-state index is 12.6. The number of carbonyl (C=O) groups excluding carboxylic acids is 2. The standard InChI is InChI=1S/C14H20N2O3/c1-5-8-15-11(18)14-7-6-13(4,12(14,2)3)9(16-19)10(14)17/h5,19H,1,6-8H2,2-4H3,(H,15,18)/b16-9+. The van der Waals surface area contributed by atoms with E-state index in [2.05, 4.69) is 17.1 Å². The summed E-state index contributed by atoms with van der Waals surface area (Å²) >= 11 is 0. The zero-order valence-electron chi connectivity index (χ0n) is 11.6. The highest BCUT2D eigenvalue weighted by atomic mass is 16.4. The average molecular weight is 264 g/mol. The lowest BCUT2D eigenvalue weighted by Gasteiger charge is -2.37. The van der Waals surface area contributed by atoms with E-state index in [1.807, 2.05) is 20.8 Å². The molecule has 0 aromatic carbocycles. The van der Waals surface area contributed by atoms with E-state index in [0.29, 0.717) is 19.4 Å². The van der Waals surface area contributed by atoms with Gasteiger partial charge in [-0.3, -0.25) is 9.59 Å². The number of nitrogens with zero attached hydrogens (tertiary/aromatic N) is 1. The number of oxime groups is 1. The molecule has 19 heavy (non-hydrogen) atoms. The normalized spacial score (nSPS) is 37.6. The van der Waals surface area contributed by atoms with Crippen LogP contribution < -0.4 is 5.32 Å². The van der Waals surface area contributed by atoms with Crippen molar-refractivity contribution in [2.75, 3.05) is 6.54 Å². The molecule has 0 spiro atoms. The fraction of sp³-hybridized carbons (Fsp3) is 0.643. The molecule has 2 atom stereocenters. The van der Waals surface area contributed by atoms with Gasteiger partial charge in [-0.15, -0.1) is 6.58 Å². The number of hydrogen-bond donors (Lipinski definition) is 2. The predicted octanol–water partition coefficient (Wildman–Crippen LogP) is 1.51. The molecule has 0 saturated heterocycles. The topological polar surface area (TPSA) is 78.8 Å². The molecular weight excluding hydrogens is 244 g/mol. The Hall–Kier alpha value is -1.65. The van der Waals surface area contributed by atoms with Gasteiger partial charge in [0.2, 0.25) is 5.91 Å². The Morgan fingerprint density at radius 1 is 1.47 bits per heavy atom. The van der Waals surface area contributed by atoms with Gasteiger partial charge < -0.3 is 10.5 Å². The van der Waals surface area contributed by atoms with Crippen molar-refractivity contribution in [3.8, 4) is 0 Å². The van der Waals surface area contributed by atoms with E-state index in [1.54, 1.807) is 6.08 Å². The summed E-state index contributed by atoms with van der Waals surface area (Å²) in [6.45, 7) is 9.59. The lowest BCUT2D eigenvalue weighted by atomic mass is 9.64. The lowest BCUT2D eigenvalue weighted by molar-refractivity contribution is -0.143. The molecule has 5 nitrogen and oxygen atoms in total. The zero-order chi connectivity index (χ0) is 14.5. The van der Waals surface area contributed by atoms with Crippen LogP contribution in [0.15, 0.2) is 17.8 Å². The van der Waals surface area contributed by atoms with Gasteiger partial charge in [-0.05, 0) is 18.3 Å². The molecule has 0 aromatic heterocycles. The Bertz CT molecular complexity index is 495. The van der Waals surface area contributed by atoms with Gasteiger partial charge in [0.05, 0.1) is 0 Å². The number of carbonyl (C=O) groups is 2. The Morgan fingerprint density at radius 2 is 2.11 bits per heavy atom. The molecule has 2 unspecified atom stereocenters. The second-order valence-corrected chi connectivity index (χ2v) is 6.14. The number of fused-ring (bicyclic) bond motifs is 2. The third-order valence-corrected chi connectivity index (χ3v) is 5.47. The third kappa shape index (κ3) is 1.28. The molecule has 104 valence electrons. The molecule has 0 radical (unpaired) electrons. The number of Topliss-reactive ketones (excluding diaryl/α,β-unsaturated/α-hetero) is 1. The summed E-state index contributed by atoms with van der Waals surface area (Å²) in [5.41, 5.74) is -2.10. The molecule has 2 aliphatic rings. The first-order valence-electron chi connectivity index (χ1n) is 6.46. The predicted molar refractivity (Wildman–Crippen MR) is 71.0 cm³/mol. The van der Waals surface area contributed by atoms with Crippen molar-refractivity contribution in [3.05, 3.63) is 12.7 Å². The maximum Gasteiger partial charge on any atom is 0.234 e. The molecule has 2 N–H and O–H groups in total.